The van der Waals surface area contributed by atoms with Gasteiger partial charge in [-0.3, -0.25) is 0 Å². The molecule has 1 radical (unpaired) electrons. The SMILES string of the molecule is C[Si](C)(C)Oc1[c]ccc(-c2ccccc2)c1-c1ccccc1. The minimum Gasteiger partial charge on any atom is -0.543 e. The van der Waals surface area contributed by atoms with Gasteiger partial charge in [0, 0.05) is 11.6 Å². The number of hydrogen-bond acceptors (Lipinski definition) is 1. The standard InChI is InChI=1S/C21H21OSi/c1-23(2,3)22-20-16-10-15-19(17-11-6-4-7-12-17)21(20)18-13-8-5-9-14-18/h4-15H,1-3H3. The molecule has 23 heavy (non-hydrogen) atoms. The van der Waals surface area contributed by atoms with E-state index in [0.29, 0.717) is 0 Å². The van der Waals surface area contributed by atoms with Gasteiger partial charge < -0.3 is 4.43 Å². The Bertz CT molecular complexity index is 774. The quantitative estimate of drug-likeness (QED) is 0.533. The molecule has 115 valence electrons. The lowest BCUT2D eigenvalue weighted by Crippen LogP contribution is -2.29. The van der Waals surface area contributed by atoms with Crippen molar-refractivity contribution in [1.29, 1.82) is 0 Å². The van der Waals surface area contributed by atoms with Gasteiger partial charge in [-0.1, -0.05) is 66.7 Å². The van der Waals surface area contributed by atoms with Crippen LogP contribution in [-0.2, 0) is 0 Å². The molecule has 0 amide bonds. The molecule has 3 aromatic rings. The van der Waals surface area contributed by atoms with E-state index in [1.165, 1.54) is 11.1 Å². The molecule has 0 aliphatic rings. The Hall–Kier alpha value is -2.32. The molecule has 0 fully saturated rings. The summed E-state index contributed by atoms with van der Waals surface area (Å²) in [4.78, 5) is 0. The molecule has 0 N–H and O–H groups in total. The average Bonchev–Trinajstić information content (AvgIpc) is 2.55. The van der Waals surface area contributed by atoms with Crippen molar-refractivity contribution in [2.75, 3.05) is 0 Å². The van der Waals surface area contributed by atoms with E-state index < -0.39 is 8.32 Å². The Morgan fingerprint density at radius 2 is 1.30 bits per heavy atom. The Kier molecular flexibility index (Phi) is 4.35. The minimum absolute atomic E-state index is 0.858. The maximum absolute atomic E-state index is 6.33. The summed E-state index contributed by atoms with van der Waals surface area (Å²) in [6.45, 7) is 6.60. The normalized spacial score (nSPS) is 11.3. The van der Waals surface area contributed by atoms with Gasteiger partial charge in [-0.25, -0.2) is 0 Å². The second-order valence-corrected chi connectivity index (χ2v) is 11.0. The molecular formula is C21H21OSi. The summed E-state index contributed by atoms with van der Waals surface area (Å²) in [5, 5.41) is 0. The topological polar surface area (TPSA) is 9.23 Å². The summed E-state index contributed by atoms with van der Waals surface area (Å²) in [7, 11) is -1.72. The van der Waals surface area contributed by atoms with Gasteiger partial charge in [-0.05, 0) is 42.4 Å². The van der Waals surface area contributed by atoms with Gasteiger partial charge in [0.15, 0.2) is 0 Å². The summed E-state index contributed by atoms with van der Waals surface area (Å²) in [6.07, 6.45) is 0. The second-order valence-electron chi connectivity index (χ2n) is 6.54. The van der Waals surface area contributed by atoms with Crippen LogP contribution in [-0.4, -0.2) is 8.32 Å². The molecule has 0 unspecified atom stereocenters. The highest BCUT2D eigenvalue weighted by Crippen LogP contribution is 2.39. The van der Waals surface area contributed by atoms with Gasteiger partial charge in [0.05, 0.1) is 0 Å². The van der Waals surface area contributed by atoms with Crippen molar-refractivity contribution >= 4 is 8.32 Å². The molecule has 0 bridgehead atoms. The Morgan fingerprint density at radius 3 is 1.87 bits per heavy atom. The van der Waals surface area contributed by atoms with Gasteiger partial charge in [0.2, 0.25) is 8.32 Å². The maximum Gasteiger partial charge on any atom is 0.242 e. The fourth-order valence-electron chi connectivity index (χ4n) is 2.61. The number of rotatable bonds is 4. The van der Waals surface area contributed by atoms with E-state index in [2.05, 4.69) is 80.3 Å². The van der Waals surface area contributed by atoms with Crippen LogP contribution < -0.4 is 4.43 Å². The zero-order chi connectivity index (χ0) is 16.3. The van der Waals surface area contributed by atoms with Crippen LogP contribution in [0.5, 0.6) is 5.75 Å². The second kappa shape index (κ2) is 6.43. The molecule has 0 heterocycles. The van der Waals surface area contributed by atoms with Crippen molar-refractivity contribution in [3.63, 3.8) is 0 Å². The third kappa shape index (κ3) is 3.72. The van der Waals surface area contributed by atoms with Gasteiger partial charge in [0.1, 0.15) is 5.75 Å². The van der Waals surface area contributed by atoms with Crippen molar-refractivity contribution in [2.45, 2.75) is 19.6 Å². The average molecular weight is 317 g/mol. The first-order valence-electron chi connectivity index (χ1n) is 7.89. The first kappa shape index (κ1) is 15.6. The minimum atomic E-state index is -1.72. The molecule has 0 aliphatic heterocycles. The molecule has 0 atom stereocenters. The highest BCUT2D eigenvalue weighted by Gasteiger charge is 2.21. The first-order valence-corrected chi connectivity index (χ1v) is 11.3. The Labute approximate surface area is 139 Å². The zero-order valence-corrected chi connectivity index (χ0v) is 14.8. The molecule has 1 nitrogen and oxygen atoms in total. The molecule has 0 aliphatic carbocycles. The molecule has 0 aromatic heterocycles. The monoisotopic (exact) mass is 317 g/mol. The largest absolute Gasteiger partial charge is 0.543 e. The van der Waals surface area contributed by atoms with Crippen LogP contribution >= 0.6 is 0 Å². The molecule has 0 spiro atoms. The molecule has 0 saturated heterocycles. The number of hydrogen-bond donors (Lipinski definition) is 0. The molecule has 0 saturated carbocycles. The van der Waals surface area contributed by atoms with E-state index in [4.69, 9.17) is 4.43 Å². The summed E-state index contributed by atoms with van der Waals surface area (Å²) in [5.41, 5.74) is 4.67. The molecule has 2 heteroatoms. The highest BCUT2D eigenvalue weighted by atomic mass is 28.4. The van der Waals surface area contributed by atoms with Crippen LogP contribution in [0, 0.1) is 6.07 Å². The van der Waals surface area contributed by atoms with Crippen molar-refractivity contribution in [2.24, 2.45) is 0 Å². The molecule has 3 rings (SSSR count). The third-order valence-electron chi connectivity index (χ3n) is 3.52. The fraction of sp³-hybridized carbons (Fsp3) is 0.143. The fourth-order valence-corrected chi connectivity index (χ4v) is 3.39. The predicted molar refractivity (Wildman–Crippen MR) is 100 cm³/mol. The molecular weight excluding hydrogens is 296 g/mol. The Balaban J connectivity index is 2.22. The van der Waals surface area contributed by atoms with Crippen LogP contribution in [0.3, 0.4) is 0 Å². The lowest BCUT2D eigenvalue weighted by Gasteiger charge is -2.23. The van der Waals surface area contributed by atoms with Gasteiger partial charge >= 0.3 is 0 Å². The summed E-state index contributed by atoms with van der Waals surface area (Å²) in [6, 6.07) is 28.3. The van der Waals surface area contributed by atoms with E-state index in [0.717, 1.165) is 16.9 Å². The van der Waals surface area contributed by atoms with E-state index in [1.807, 2.05) is 18.2 Å². The van der Waals surface area contributed by atoms with E-state index in [1.54, 1.807) is 0 Å². The summed E-state index contributed by atoms with van der Waals surface area (Å²) < 4.78 is 6.33. The van der Waals surface area contributed by atoms with Crippen LogP contribution in [0.4, 0.5) is 0 Å². The maximum atomic E-state index is 6.33. The Morgan fingerprint density at radius 1 is 0.739 bits per heavy atom. The van der Waals surface area contributed by atoms with E-state index in [9.17, 15) is 0 Å². The predicted octanol–water partition coefficient (Wildman–Crippen LogP) is 6.03. The lowest BCUT2D eigenvalue weighted by atomic mass is 9.94. The lowest BCUT2D eigenvalue weighted by molar-refractivity contribution is 0.559. The van der Waals surface area contributed by atoms with Crippen molar-refractivity contribution in [3.05, 3.63) is 78.9 Å². The number of benzene rings is 3. The third-order valence-corrected chi connectivity index (χ3v) is 4.33. The molecule has 3 aromatic carbocycles. The van der Waals surface area contributed by atoms with E-state index >= 15 is 0 Å². The summed E-state index contributed by atoms with van der Waals surface area (Å²) in [5.74, 6) is 0.858. The highest BCUT2D eigenvalue weighted by molar-refractivity contribution is 6.70. The van der Waals surface area contributed by atoms with Crippen molar-refractivity contribution in [1.82, 2.24) is 0 Å². The van der Waals surface area contributed by atoms with Crippen molar-refractivity contribution in [3.8, 4) is 28.0 Å². The van der Waals surface area contributed by atoms with Gasteiger partial charge in [-0.15, -0.1) is 0 Å². The van der Waals surface area contributed by atoms with Crippen molar-refractivity contribution < 1.29 is 4.43 Å². The van der Waals surface area contributed by atoms with Crippen LogP contribution in [0.25, 0.3) is 22.3 Å². The summed E-state index contributed by atoms with van der Waals surface area (Å²) >= 11 is 0. The van der Waals surface area contributed by atoms with Gasteiger partial charge in [-0.2, -0.15) is 0 Å². The zero-order valence-electron chi connectivity index (χ0n) is 13.8. The van der Waals surface area contributed by atoms with Crippen LogP contribution in [0.2, 0.25) is 19.6 Å². The van der Waals surface area contributed by atoms with Crippen LogP contribution in [0.15, 0.2) is 72.8 Å². The smallest absolute Gasteiger partial charge is 0.242 e. The van der Waals surface area contributed by atoms with Gasteiger partial charge in [0.25, 0.3) is 0 Å². The van der Waals surface area contributed by atoms with Crippen LogP contribution in [0.1, 0.15) is 0 Å². The first-order chi connectivity index (χ1) is 11.0. The van der Waals surface area contributed by atoms with E-state index in [-0.39, 0.29) is 0 Å².